The maximum absolute atomic E-state index is 2.71. The summed E-state index contributed by atoms with van der Waals surface area (Å²) in [5.41, 5.74) is 5.12. The summed E-state index contributed by atoms with van der Waals surface area (Å²) in [7, 11) is -1.64. The average molecular weight is 316 g/mol. The monoisotopic (exact) mass is 315 g/mol. The standard InChI is InChI=1S/C20H33NSi/c1-8-9-18-10-11-20-19(14-18)12-13-21(20)22(15(2)3,16(4)5)17(6)7/h10-17H,8-9H2,1-7H3. The average Bonchev–Trinajstić information content (AvgIpc) is 2.82. The Kier molecular flexibility index (Phi) is 5.21. The molecule has 0 unspecified atom stereocenters. The summed E-state index contributed by atoms with van der Waals surface area (Å²) < 4.78 is 2.71. The minimum atomic E-state index is -1.64. The minimum absolute atomic E-state index is 0.735. The van der Waals surface area contributed by atoms with Crippen molar-refractivity contribution in [2.75, 3.05) is 0 Å². The van der Waals surface area contributed by atoms with Crippen molar-refractivity contribution in [3.8, 4) is 0 Å². The number of fused-ring (bicyclic) bond motifs is 1. The number of hydrogen-bond acceptors (Lipinski definition) is 0. The van der Waals surface area contributed by atoms with Crippen molar-refractivity contribution in [3.05, 3.63) is 36.0 Å². The summed E-state index contributed by atoms with van der Waals surface area (Å²) in [5, 5.41) is 1.42. The number of benzene rings is 1. The van der Waals surface area contributed by atoms with Gasteiger partial charge < -0.3 is 4.23 Å². The molecule has 122 valence electrons. The summed E-state index contributed by atoms with van der Waals surface area (Å²) in [5.74, 6) is 0. The van der Waals surface area contributed by atoms with Crippen LogP contribution in [0.4, 0.5) is 0 Å². The van der Waals surface area contributed by atoms with Gasteiger partial charge in [-0.05, 0) is 58.4 Å². The molecular weight excluding hydrogens is 282 g/mol. The quantitative estimate of drug-likeness (QED) is 0.528. The molecule has 0 N–H and O–H groups in total. The molecule has 0 saturated carbocycles. The molecule has 0 atom stereocenters. The Morgan fingerprint density at radius 3 is 2.00 bits per heavy atom. The molecule has 0 bridgehead atoms. The van der Waals surface area contributed by atoms with Crippen LogP contribution in [-0.2, 0) is 6.42 Å². The first-order valence-electron chi connectivity index (χ1n) is 8.96. The van der Waals surface area contributed by atoms with Crippen molar-refractivity contribution in [3.63, 3.8) is 0 Å². The first kappa shape index (κ1) is 17.3. The summed E-state index contributed by atoms with van der Waals surface area (Å²) >= 11 is 0. The fourth-order valence-electron chi connectivity index (χ4n) is 4.81. The van der Waals surface area contributed by atoms with Gasteiger partial charge in [-0.15, -0.1) is 0 Å². The lowest BCUT2D eigenvalue weighted by atomic mass is 10.1. The van der Waals surface area contributed by atoms with E-state index in [2.05, 4.69) is 83.2 Å². The van der Waals surface area contributed by atoms with Crippen LogP contribution in [0.5, 0.6) is 0 Å². The predicted molar refractivity (Wildman–Crippen MR) is 102 cm³/mol. The van der Waals surface area contributed by atoms with Crippen LogP contribution in [0.3, 0.4) is 0 Å². The molecule has 0 saturated heterocycles. The van der Waals surface area contributed by atoms with Gasteiger partial charge >= 0.3 is 0 Å². The van der Waals surface area contributed by atoms with Gasteiger partial charge in [0, 0.05) is 5.52 Å². The van der Waals surface area contributed by atoms with Crippen LogP contribution in [0.2, 0.25) is 16.6 Å². The number of rotatable bonds is 6. The van der Waals surface area contributed by atoms with E-state index >= 15 is 0 Å². The maximum Gasteiger partial charge on any atom is 0.169 e. The molecule has 1 nitrogen and oxygen atoms in total. The van der Waals surface area contributed by atoms with E-state index in [9.17, 15) is 0 Å². The second-order valence-electron chi connectivity index (χ2n) is 7.68. The van der Waals surface area contributed by atoms with Crippen molar-refractivity contribution in [2.45, 2.75) is 77.9 Å². The van der Waals surface area contributed by atoms with Crippen molar-refractivity contribution in [1.82, 2.24) is 4.23 Å². The number of nitrogens with zero attached hydrogens (tertiary/aromatic N) is 1. The van der Waals surface area contributed by atoms with Gasteiger partial charge in [-0.1, -0.05) is 61.0 Å². The van der Waals surface area contributed by atoms with E-state index in [4.69, 9.17) is 0 Å². The summed E-state index contributed by atoms with van der Waals surface area (Å²) in [6.45, 7) is 16.9. The van der Waals surface area contributed by atoms with E-state index in [1.807, 2.05) is 0 Å². The van der Waals surface area contributed by atoms with E-state index in [1.54, 1.807) is 0 Å². The SMILES string of the molecule is CCCc1ccc2c(ccn2[Si](C(C)C)(C(C)C)C(C)C)c1. The summed E-state index contributed by atoms with van der Waals surface area (Å²) in [4.78, 5) is 0. The topological polar surface area (TPSA) is 4.93 Å². The molecular formula is C20H33NSi. The smallest absolute Gasteiger partial charge is 0.169 e. The molecule has 2 rings (SSSR count). The van der Waals surface area contributed by atoms with Gasteiger partial charge in [0.05, 0.1) is 0 Å². The second kappa shape index (κ2) is 6.62. The first-order chi connectivity index (χ1) is 10.4. The molecule has 2 aromatic rings. The van der Waals surface area contributed by atoms with Crippen molar-refractivity contribution >= 4 is 19.1 Å². The lowest BCUT2D eigenvalue weighted by molar-refractivity contribution is 0.773. The Morgan fingerprint density at radius 2 is 1.50 bits per heavy atom. The molecule has 0 aliphatic rings. The molecule has 0 spiro atoms. The molecule has 2 heteroatoms. The Balaban J connectivity index is 2.65. The van der Waals surface area contributed by atoms with E-state index in [0.29, 0.717) is 0 Å². The van der Waals surface area contributed by atoms with Gasteiger partial charge in [-0.25, -0.2) is 0 Å². The van der Waals surface area contributed by atoms with E-state index in [-0.39, 0.29) is 0 Å². The maximum atomic E-state index is 2.71. The van der Waals surface area contributed by atoms with Gasteiger partial charge in [-0.3, -0.25) is 0 Å². The lowest BCUT2D eigenvalue weighted by Gasteiger charge is -2.44. The predicted octanol–water partition coefficient (Wildman–Crippen LogP) is 6.62. The van der Waals surface area contributed by atoms with Crippen LogP contribution >= 0.6 is 0 Å². The summed E-state index contributed by atoms with van der Waals surface area (Å²) in [6, 6.07) is 9.44. The number of hydrogen-bond donors (Lipinski definition) is 0. The normalized spacial score (nSPS) is 13.0. The van der Waals surface area contributed by atoms with Crippen LogP contribution in [0.15, 0.2) is 30.5 Å². The molecule has 0 aliphatic carbocycles. The third kappa shape index (κ3) is 2.66. The van der Waals surface area contributed by atoms with Crippen LogP contribution in [0.1, 0.15) is 60.5 Å². The molecule has 1 aromatic carbocycles. The molecule has 22 heavy (non-hydrogen) atoms. The highest BCUT2D eigenvalue weighted by Gasteiger charge is 2.45. The third-order valence-corrected chi connectivity index (χ3v) is 12.3. The molecule has 0 fully saturated rings. The minimum Gasteiger partial charge on any atom is -0.373 e. The second-order valence-corrected chi connectivity index (χ2v) is 13.4. The highest BCUT2D eigenvalue weighted by atomic mass is 28.3. The zero-order valence-electron chi connectivity index (χ0n) is 15.5. The Labute approximate surface area is 137 Å². The zero-order chi connectivity index (χ0) is 16.5. The van der Waals surface area contributed by atoms with Crippen molar-refractivity contribution in [1.29, 1.82) is 0 Å². The van der Waals surface area contributed by atoms with Crippen LogP contribution in [0, 0.1) is 0 Å². The van der Waals surface area contributed by atoms with Crippen LogP contribution in [-0.4, -0.2) is 12.5 Å². The Morgan fingerprint density at radius 1 is 0.909 bits per heavy atom. The molecule has 1 aromatic heterocycles. The van der Waals surface area contributed by atoms with Crippen LogP contribution < -0.4 is 0 Å². The Bertz CT molecular complexity index is 600. The zero-order valence-corrected chi connectivity index (χ0v) is 16.5. The Hall–Kier alpha value is -1.02. The van der Waals surface area contributed by atoms with Gasteiger partial charge in [-0.2, -0.15) is 0 Å². The van der Waals surface area contributed by atoms with Crippen LogP contribution in [0.25, 0.3) is 10.9 Å². The molecule has 0 amide bonds. The fraction of sp³-hybridized carbons (Fsp3) is 0.600. The van der Waals surface area contributed by atoms with Gasteiger partial charge in [0.1, 0.15) is 0 Å². The largest absolute Gasteiger partial charge is 0.373 e. The van der Waals surface area contributed by atoms with Crippen molar-refractivity contribution < 1.29 is 0 Å². The van der Waals surface area contributed by atoms with Crippen molar-refractivity contribution in [2.24, 2.45) is 0 Å². The molecule has 0 radical (unpaired) electrons. The van der Waals surface area contributed by atoms with Gasteiger partial charge in [0.15, 0.2) is 8.24 Å². The lowest BCUT2D eigenvalue weighted by Crippen LogP contribution is -2.51. The molecule has 0 aliphatic heterocycles. The van der Waals surface area contributed by atoms with E-state index in [1.165, 1.54) is 29.3 Å². The highest BCUT2D eigenvalue weighted by molar-refractivity contribution is 6.82. The number of aryl methyl sites for hydroxylation is 1. The fourth-order valence-corrected chi connectivity index (χ4v) is 11.4. The summed E-state index contributed by atoms with van der Waals surface area (Å²) in [6.07, 6.45) is 4.78. The number of aromatic nitrogens is 1. The van der Waals surface area contributed by atoms with E-state index in [0.717, 1.165) is 16.6 Å². The molecule has 1 heterocycles. The third-order valence-electron chi connectivity index (χ3n) is 5.49. The van der Waals surface area contributed by atoms with E-state index < -0.39 is 8.24 Å². The highest BCUT2D eigenvalue weighted by Crippen LogP contribution is 2.44. The van der Waals surface area contributed by atoms with Gasteiger partial charge in [0.25, 0.3) is 0 Å². The first-order valence-corrected chi connectivity index (χ1v) is 11.1. The van der Waals surface area contributed by atoms with Gasteiger partial charge in [0.2, 0.25) is 0 Å².